The summed E-state index contributed by atoms with van der Waals surface area (Å²) in [5.41, 5.74) is 1.63. The lowest BCUT2D eigenvalue weighted by atomic mass is 10.1. The first-order chi connectivity index (χ1) is 9.22. The molecule has 0 amide bonds. The quantitative estimate of drug-likeness (QED) is 0.611. The van der Waals surface area contributed by atoms with Crippen LogP contribution in [0.5, 0.6) is 0 Å². The molecule has 0 saturated heterocycles. The zero-order valence-corrected chi connectivity index (χ0v) is 10.6. The van der Waals surface area contributed by atoms with Gasteiger partial charge in [-0.05, 0) is 36.2 Å². The molecule has 4 heteroatoms. The van der Waals surface area contributed by atoms with Crippen molar-refractivity contribution in [3.63, 3.8) is 0 Å². The van der Waals surface area contributed by atoms with E-state index in [-0.39, 0.29) is 5.97 Å². The summed E-state index contributed by atoms with van der Waals surface area (Å²) < 4.78 is 9.93. The standard InChI is InChI=1S/C15H14O4/c1-18-15(17)12-5-2-11(3-6-12)4-7-13-8-9-14(10-16)19-13/h2-3,5-6,8-10H,4,7H2,1H3. The zero-order chi connectivity index (χ0) is 13.7. The molecule has 0 aliphatic carbocycles. The molecule has 0 N–H and O–H groups in total. The Balaban J connectivity index is 1.96. The number of ether oxygens (including phenoxy) is 1. The van der Waals surface area contributed by atoms with Crippen molar-refractivity contribution in [3.05, 3.63) is 59.0 Å². The number of methoxy groups -OCH3 is 1. The van der Waals surface area contributed by atoms with Crippen LogP contribution in [0.2, 0.25) is 0 Å². The maximum Gasteiger partial charge on any atom is 0.337 e. The Kier molecular flexibility index (Phi) is 4.13. The molecule has 0 aliphatic rings. The third kappa shape index (κ3) is 3.31. The van der Waals surface area contributed by atoms with Crippen LogP contribution in [0, 0.1) is 0 Å². The van der Waals surface area contributed by atoms with E-state index in [1.165, 1.54) is 7.11 Å². The molecule has 0 fully saturated rings. The van der Waals surface area contributed by atoms with Gasteiger partial charge < -0.3 is 9.15 Å². The first-order valence-corrected chi connectivity index (χ1v) is 5.94. The Morgan fingerprint density at radius 2 is 1.89 bits per heavy atom. The SMILES string of the molecule is COC(=O)c1ccc(CCc2ccc(C=O)o2)cc1. The largest absolute Gasteiger partial charge is 0.465 e. The van der Waals surface area contributed by atoms with E-state index in [9.17, 15) is 9.59 Å². The Morgan fingerprint density at radius 3 is 2.47 bits per heavy atom. The van der Waals surface area contributed by atoms with Crippen LogP contribution in [0.3, 0.4) is 0 Å². The summed E-state index contributed by atoms with van der Waals surface area (Å²) in [7, 11) is 1.36. The van der Waals surface area contributed by atoms with Crippen molar-refractivity contribution >= 4 is 12.3 Å². The maximum atomic E-state index is 11.3. The lowest BCUT2D eigenvalue weighted by Gasteiger charge is -2.02. The summed E-state index contributed by atoms with van der Waals surface area (Å²) in [5, 5.41) is 0. The Hall–Kier alpha value is -2.36. The number of hydrogen-bond acceptors (Lipinski definition) is 4. The normalized spacial score (nSPS) is 10.2. The van der Waals surface area contributed by atoms with E-state index in [2.05, 4.69) is 4.74 Å². The summed E-state index contributed by atoms with van der Waals surface area (Å²) >= 11 is 0. The number of benzene rings is 1. The van der Waals surface area contributed by atoms with Crippen molar-refractivity contribution in [1.82, 2.24) is 0 Å². The van der Waals surface area contributed by atoms with Gasteiger partial charge in [0.15, 0.2) is 12.0 Å². The second-order valence-electron chi connectivity index (χ2n) is 4.11. The highest BCUT2D eigenvalue weighted by Gasteiger charge is 2.05. The number of aldehydes is 1. The Bertz CT molecular complexity index is 566. The van der Waals surface area contributed by atoms with Gasteiger partial charge in [-0.2, -0.15) is 0 Å². The summed E-state index contributed by atoms with van der Waals surface area (Å²) in [4.78, 5) is 21.8. The molecule has 0 radical (unpaired) electrons. The van der Waals surface area contributed by atoms with E-state index in [0.717, 1.165) is 17.7 Å². The molecule has 0 bridgehead atoms. The molecule has 98 valence electrons. The first kappa shape index (κ1) is 13.1. The van der Waals surface area contributed by atoms with Crippen LogP contribution in [0.1, 0.15) is 32.2 Å². The minimum absolute atomic E-state index is 0.340. The smallest absolute Gasteiger partial charge is 0.337 e. The average Bonchev–Trinajstić information content (AvgIpc) is 2.93. The van der Waals surface area contributed by atoms with E-state index < -0.39 is 0 Å². The van der Waals surface area contributed by atoms with Crippen molar-refractivity contribution in [2.75, 3.05) is 7.11 Å². The monoisotopic (exact) mass is 258 g/mol. The summed E-state index contributed by atoms with van der Waals surface area (Å²) in [6, 6.07) is 10.7. The summed E-state index contributed by atoms with van der Waals surface area (Å²) in [6.45, 7) is 0. The number of carbonyl (C=O) groups excluding carboxylic acids is 2. The highest BCUT2D eigenvalue weighted by Crippen LogP contribution is 2.12. The van der Waals surface area contributed by atoms with E-state index in [1.807, 2.05) is 12.1 Å². The van der Waals surface area contributed by atoms with Gasteiger partial charge in [0, 0.05) is 6.42 Å². The van der Waals surface area contributed by atoms with Crippen molar-refractivity contribution in [3.8, 4) is 0 Å². The molecule has 0 aliphatic heterocycles. The molecule has 1 aromatic heterocycles. The molecule has 1 heterocycles. The third-order valence-electron chi connectivity index (χ3n) is 2.83. The summed E-state index contributed by atoms with van der Waals surface area (Å²) in [5.74, 6) is 0.781. The van der Waals surface area contributed by atoms with Crippen LogP contribution in [0.25, 0.3) is 0 Å². The lowest BCUT2D eigenvalue weighted by Crippen LogP contribution is -2.01. The number of rotatable bonds is 5. The van der Waals surface area contributed by atoms with Gasteiger partial charge in [-0.25, -0.2) is 4.79 Å². The van der Waals surface area contributed by atoms with E-state index in [0.29, 0.717) is 24.0 Å². The molecule has 0 atom stereocenters. The lowest BCUT2D eigenvalue weighted by molar-refractivity contribution is 0.0600. The molecule has 1 aromatic carbocycles. The van der Waals surface area contributed by atoms with Crippen molar-refractivity contribution in [2.45, 2.75) is 12.8 Å². The maximum absolute atomic E-state index is 11.3. The van der Waals surface area contributed by atoms with Crippen LogP contribution >= 0.6 is 0 Å². The number of carbonyl (C=O) groups is 2. The van der Waals surface area contributed by atoms with Gasteiger partial charge in [0.05, 0.1) is 12.7 Å². The molecular formula is C15H14O4. The van der Waals surface area contributed by atoms with Crippen LogP contribution in [-0.4, -0.2) is 19.4 Å². The number of furan rings is 1. The molecular weight excluding hydrogens is 244 g/mol. The molecule has 0 spiro atoms. The minimum Gasteiger partial charge on any atom is -0.465 e. The fourth-order valence-electron chi connectivity index (χ4n) is 1.79. The Morgan fingerprint density at radius 1 is 1.16 bits per heavy atom. The van der Waals surface area contributed by atoms with Crippen LogP contribution < -0.4 is 0 Å². The first-order valence-electron chi connectivity index (χ1n) is 5.94. The topological polar surface area (TPSA) is 56.5 Å². The molecule has 2 rings (SSSR count). The van der Waals surface area contributed by atoms with Crippen LogP contribution in [0.4, 0.5) is 0 Å². The predicted octanol–water partition coefficient (Wildman–Crippen LogP) is 2.66. The second kappa shape index (κ2) is 6.00. The highest BCUT2D eigenvalue weighted by molar-refractivity contribution is 5.89. The van der Waals surface area contributed by atoms with E-state index in [4.69, 9.17) is 4.42 Å². The molecule has 19 heavy (non-hydrogen) atoms. The fraction of sp³-hybridized carbons (Fsp3) is 0.200. The van der Waals surface area contributed by atoms with Gasteiger partial charge in [-0.15, -0.1) is 0 Å². The number of hydrogen-bond donors (Lipinski definition) is 0. The fourth-order valence-corrected chi connectivity index (χ4v) is 1.79. The second-order valence-corrected chi connectivity index (χ2v) is 4.11. The Labute approximate surface area is 111 Å². The van der Waals surface area contributed by atoms with Gasteiger partial charge in [-0.3, -0.25) is 4.79 Å². The molecule has 0 unspecified atom stereocenters. The third-order valence-corrected chi connectivity index (χ3v) is 2.83. The van der Waals surface area contributed by atoms with Gasteiger partial charge in [-0.1, -0.05) is 12.1 Å². The average molecular weight is 258 g/mol. The molecule has 4 nitrogen and oxygen atoms in total. The van der Waals surface area contributed by atoms with E-state index >= 15 is 0 Å². The summed E-state index contributed by atoms with van der Waals surface area (Å²) in [6.07, 6.45) is 2.19. The van der Waals surface area contributed by atoms with Gasteiger partial charge >= 0.3 is 5.97 Å². The van der Waals surface area contributed by atoms with E-state index in [1.54, 1.807) is 24.3 Å². The van der Waals surface area contributed by atoms with Crippen molar-refractivity contribution in [2.24, 2.45) is 0 Å². The minimum atomic E-state index is -0.340. The van der Waals surface area contributed by atoms with Gasteiger partial charge in [0.2, 0.25) is 0 Å². The van der Waals surface area contributed by atoms with Crippen LogP contribution in [0.15, 0.2) is 40.8 Å². The number of esters is 1. The highest BCUT2D eigenvalue weighted by atomic mass is 16.5. The van der Waals surface area contributed by atoms with Gasteiger partial charge in [0.25, 0.3) is 0 Å². The zero-order valence-electron chi connectivity index (χ0n) is 10.6. The van der Waals surface area contributed by atoms with Gasteiger partial charge in [0.1, 0.15) is 5.76 Å². The van der Waals surface area contributed by atoms with Crippen LogP contribution in [-0.2, 0) is 17.6 Å². The predicted molar refractivity (Wildman–Crippen MR) is 69.3 cm³/mol. The van der Waals surface area contributed by atoms with Crippen molar-refractivity contribution in [1.29, 1.82) is 0 Å². The molecule has 2 aromatic rings. The number of aryl methyl sites for hydroxylation is 2. The van der Waals surface area contributed by atoms with Crippen molar-refractivity contribution < 1.29 is 18.7 Å². The molecule has 0 saturated carbocycles.